The highest BCUT2D eigenvalue weighted by atomic mass is 32.2. The van der Waals surface area contributed by atoms with Gasteiger partial charge in [-0.1, -0.05) is 23.9 Å². The molecule has 5 heteroatoms. The van der Waals surface area contributed by atoms with Crippen LogP contribution in [0, 0.1) is 0 Å². The third-order valence-electron chi connectivity index (χ3n) is 2.07. The van der Waals surface area contributed by atoms with Gasteiger partial charge >= 0.3 is 5.97 Å². The molecule has 17 heavy (non-hydrogen) atoms. The molecule has 0 saturated heterocycles. The van der Waals surface area contributed by atoms with E-state index in [1.54, 1.807) is 13.2 Å². The molecule has 1 N–H and O–H groups in total. The zero-order valence-electron chi connectivity index (χ0n) is 9.04. The first-order valence-electron chi connectivity index (χ1n) is 4.84. The third kappa shape index (κ3) is 2.81. The lowest BCUT2D eigenvalue weighted by molar-refractivity contribution is 0.0702. The number of hydrogen-bond acceptors (Lipinski definition) is 4. The second-order valence-corrected chi connectivity index (χ2v) is 5.60. The van der Waals surface area contributed by atoms with Crippen LogP contribution in [-0.4, -0.2) is 18.2 Å². The summed E-state index contributed by atoms with van der Waals surface area (Å²) in [6, 6.07) is 11.1. The molecular weight excluding hydrogens is 256 g/mol. The van der Waals surface area contributed by atoms with Crippen LogP contribution < -0.4 is 4.74 Å². The summed E-state index contributed by atoms with van der Waals surface area (Å²) in [5.41, 5.74) is 0. The van der Waals surface area contributed by atoms with E-state index in [-0.39, 0.29) is 0 Å². The molecule has 88 valence electrons. The van der Waals surface area contributed by atoms with Crippen LogP contribution in [0.4, 0.5) is 0 Å². The molecule has 0 bridgehead atoms. The van der Waals surface area contributed by atoms with Crippen molar-refractivity contribution in [2.75, 3.05) is 7.11 Å². The van der Waals surface area contributed by atoms with Crippen molar-refractivity contribution in [1.29, 1.82) is 0 Å². The van der Waals surface area contributed by atoms with Crippen LogP contribution in [0.25, 0.3) is 0 Å². The van der Waals surface area contributed by atoms with Crippen molar-refractivity contribution in [3.05, 3.63) is 41.3 Å². The van der Waals surface area contributed by atoms with Crippen LogP contribution in [0.1, 0.15) is 9.67 Å². The summed E-state index contributed by atoms with van der Waals surface area (Å²) < 4.78 is 6.18. The zero-order chi connectivity index (χ0) is 12.3. The van der Waals surface area contributed by atoms with E-state index in [2.05, 4.69) is 0 Å². The minimum absolute atomic E-state index is 0.349. The molecular formula is C12H10O3S2. The van der Waals surface area contributed by atoms with Crippen LogP contribution >= 0.6 is 23.1 Å². The van der Waals surface area contributed by atoms with Crippen molar-refractivity contribution in [2.24, 2.45) is 0 Å². The summed E-state index contributed by atoms with van der Waals surface area (Å²) in [7, 11) is 1.62. The van der Waals surface area contributed by atoms with Crippen LogP contribution in [-0.2, 0) is 0 Å². The molecule has 0 aliphatic heterocycles. The lowest BCUT2D eigenvalue weighted by atomic mass is 10.3. The summed E-state index contributed by atoms with van der Waals surface area (Å²) in [4.78, 5) is 12.1. The molecule has 0 amide bonds. The van der Waals surface area contributed by atoms with E-state index in [0.29, 0.717) is 4.88 Å². The lowest BCUT2D eigenvalue weighted by Crippen LogP contribution is -1.89. The van der Waals surface area contributed by atoms with E-state index in [1.807, 2.05) is 30.3 Å². The number of carboxylic acids is 1. The maximum absolute atomic E-state index is 10.8. The molecule has 0 aliphatic carbocycles. The summed E-state index contributed by atoms with van der Waals surface area (Å²) in [6.07, 6.45) is 0. The van der Waals surface area contributed by atoms with Gasteiger partial charge in [-0.05, 0) is 24.3 Å². The largest absolute Gasteiger partial charge is 0.496 e. The second kappa shape index (κ2) is 5.25. The second-order valence-electron chi connectivity index (χ2n) is 3.18. The number of hydrogen-bond donors (Lipinski definition) is 1. The number of rotatable bonds is 4. The molecule has 0 saturated carbocycles. The molecule has 1 aromatic heterocycles. The smallest absolute Gasteiger partial charge is 0.345 e. The van der Waals surface area contributed by atoms with Gasteiger partial charge in [-0.25, -0.2) is 4.79 Å². The average Bonchev–Trinajstić information content (AvgIpc) is 2.78. The Bertz CT molecular complexity index is 534. The Morgan fingerprint density at radius 2 is 2.06 bits per heavy atom. The minimum atomic E-state index is -0.887. The highest BCUT2D eigenvalue weighted by molar-refractivity contribution is 8.01. The van der Waals surface area contributed by atoms with E-state index < -0.39 is 5.97 Å². The Kier molecular flexibility index (Phi) is 3.71. The number of benzene rings is 1. The first kappa shape index (κ1) is 12.0. The standard InChI is InChI=1S/C12H10O3S2/c1-15-8-4-2-3-5-9(8)16-11-7-6-10(17-11)12(13)14/h2-7H,1H3,(H,13,14). The molecule has 0 spiro atoms. The van der Waals surface area contributed by atoms with Gasteiger partial charge in [0.2, 0.25) is 0 Å². The van der Waals surface area contributed by atoms with Crippen LogP contribution in [0.15, 0.2) is 45.5 Å². The van der Waals surface area contributed by atoms with Crippen molar-refractivity contribution >= 4 is 29.1 Å². The Balaban J connectivity index is 2.22. The van der Waals surface area contributed by atoms with Gasteiger partial charge in [0.15, 0.2) is 0 Å². The van der Waals surface area contributed by atoms with Crippen molar-refractivity contribution in [3.63, 3.8) is 0 Å². The Morgan fingerprint density at radius 3 is 2.71 bits per heavy atom. The number of carboxylic acid groups (broad SMARTS) is 1. The van der Waals surface area contributed by atoms with Crippen LogP contribution in [0.2, 0.25) is 0 Å². The van der Waals surface area contributed by atoms with Crippen molar-refractivity contribution in [1.82, 2.24) is 0 Å². The molecule has 0 fully saturated rings. The predicted molar refractivity (Wildman–Crippen MR) is 68.4 cm³/mol. The van der Waals surface area contributed by atoms with Crippen LogP contribution in [0.3, 0.4) is 0 Å². The normalized spacial score (nSPS) is 10.2. The molecule has 0 unspecified atom stereocenters. The molecule has 0 atom stereocenters. The Hall–Kier alpha value is -1.46. The summed E-state index contributed by atoms with van der Waals surface area (Å²) >= 11 is 2.77. The van der Waals surface area contributed by atoms with E-state index in [1.165, 1.54) is 23.1 Å². The zero-order valence-corrected chi connectivity index (χ0v) is 10.7. The fourth-order valence-corrected chi connectivity index (χ4v) is 3.33. The molecule has 0 radical (unpaired) electrons. The van der Waals surface area contributed by atoms with Gasteiger partial charge in [-0.2, -0.15) is 0 Å². The molecule has 3 nitrogen and oxygen atoms in total. The number of para-hydroxylation sites is 1. The van der Waals surface area contributed by atoms with Gasteiger partial charge < -0.3 is 9.84 Å². The lowest BCUT2D eigenvalue weighted by Gasteiger charge is -2.05. The Labute approximate surface area is 107 Å². The summed E-state index contributed by atoms with van der Waals surface area (Å²) in [5.74, 6) is -0.0929. The number of methoxy groups -OCH3 is 1. The maximum atomic E-state index is 10.8. The monoisotopic (exact) mass is 266 g/mol. The number of aromatic carboxylic acids is 1. The fourth-order valence-electron chi connectivity index (χ4n) is 1.30. The van der Waals surface area contributed by atoms with E-state index in [9.17, 15) is 4.79 Å². The first-order valence-corrected chi connectivity index (χ1v) is 6.48. The Morgan fingerprint density at radius 1 is 1.29 bits per heavy atom. The van der Waals surface area contributed by atoms with Crippen molar-refractivity contribution in [2.45, 2.75) is 9.10 Å². The van der Waals surface area contributed by atoms with E-state index in [0.717, 1.165) is 14.9 Å². The SMILES string of the molecule is COc1ccccc1Sc1ccc(C(=O)O)s1. The number of carbonyl (C=O) groups is 1. The van der Waals surface area contributed by atoms with Gasteiger partial charge in [-0.3, -0.25) is 0 Å². The van der Waals surface area contributed by atoms with Gasteiger partial charge in [0.1, 0.15) is 10.6 Å². The molecule has 2 rings (SSSR count). The molecule has 2 aromatic rings. The molecule has 1 heterocycles. The number of ether oxygens (including phenoxy) is 1. The fraction of sp³-hybridized carbons (Fsp3) is 0.0833. The highest BCUT2D eigenvalue weighted by Gasteiger charge is 2.09. The van der Waals surface area contributed by atoms with E-state index >= 15 is 0 Å². The first-order chi connectivity index (χ1) is 8.20. The van der Waals surface area contributed by atoms with Crippen molar-refractivity contribution in [3.8, 4) is 5.75 Å². The predicted octanol–water partition coefficient (Wildman–Crippen LogP) is 3.61. The topological polar surface area (TPSA) is 46.5 Å². The quantitative estimate of drug-likeness (QED) is 0.918. The summed E-state index contributed by atoms with van der Waals surface area (Å²) in [5, 5.41) is 8.84. The third-order valence-corrected chi connectivity index (χ3v) is 4.33. The van der Waals surface area contributed by atoms with Crippen molar-refractivity contribution < 1.29 is 14.6 Å². The van der Waals surface area contributed by atoms with E-state index in [4.69, 9.17) is 9.84 Å². The minimum Gasteiger partial charge on any atom is -0.496 e. The van der Waals surface area contributed by atoms with Gasteiger partial charge in [0, 0.05) is 0 Å². The molecule has 0 aliphatic rings. The summed E-state index contributed by atoms with van der Waals surface area (Å²) in [6.45, 7) is 0. The van der Waals surface area contributed by atoms with Gasteiger partial charge in [0.25, 0.3) is 0 Å². The highest BCUT2D eigenvalue weighted by Crippen LogP contribution is 2.38. The average molecular weight is 266 g/mol. The van der Waals surface area contributed by atoms with Gasteiger partial charge in [0.05, 0.1) is 16.2 Å². The maximum Gasteiger partial charge on any atom is 0.345 e. The molecule has 1 aromatic carbocycles. The van der Waals surface area contributed by atoms with Gasteiger partial charge in [-0.15, -0.1) is 11.3 Å². The number of thiophene rings is 1. The van der Waals surface area contributed by atoms with Crippen LogP contribution in [0.5, 0.6) is 5.75 Å².